The summed E-state index contributed by atoms with van der Waals surface area (Å²) in [5.74, 6) is 0.598. The van der Waals surface area contributed by atoms with Crippen LogP contribution in [0.1, 0.15) is 165 Å². The Bertz CT molecular complexity index is 2200. The second kappa shape index (κ2) is 23.7. The van der Waals surface area contributed by atoms with Gasteiger partial charge in [0.25, 0.3) is 5.89 Å². The average molecular weight is 1040 g/mol. The Kier molecular flexibility index (Phi) is 21.2. The Morgan fingerprint density at radius 1 is 0.719 bits per heavy atom. The van der Waals surface area contributed by atoms with Crippen LogP contribution >= 0.6 is 31.9 Å². The van der Waals surface area contributed by atoms with Crippen LogP contribution in [-0.4, -0.2) is 84.2 Å². The Balaban J connectivity index is 0.000000365. The standard InChI is InChI=1S/C23H30BrN3O4.C15H21BrN2O2.C7H9N2O2.K.H2O/c1-22(2,3)20-26-25-19(30-20)18(28)12-14-9-10-27(21(29)31-23(4,5)6)13-15-11-16(24)7-8-17(14)15;1-15(2,3)20-14(19)18-7-6-13(17)12-5-4-11(16)8-10(12)9-18;1-7(2,3)6-9-8-5(4-10)11-6;;/h7-8,11,14H,9-10,12-13H2,1-6H3;4-5,8,13H,6-7,9,17H2,1-3H3;1-3H3;;1H2/q;;-1;+1;/p-1. The van der Waals surface area contributed by atoms with Gasteiger partial charge in [-0.1, -0.05) is 85.5 Å². The van der Waals surface area contributed by atoms with Crippen LogP contribution in [0.15, 0.2) is 54.2 Å². The van der Waals surface area contributed by atoms with Gasteiger partial charge >= 0.3 is 63.6 Å². The van der Waals surface area contributed by atoms with Crippen LogP contribution in [0.2, 0.25) is 0 Å². The van der Waals surface area contributed by atoms with E-state index in [2.05, 4.69) is 52.3 Å². The fraction of sp³-hybridized carbons (Fsp3) is 0.556. The fourth-order valence-electron chi connectivity index (χ4n) is 6.36. The molecular formula is C45H61Br2KN7O9-. The predicted octanol–water partition coefficient (Wildman–Crippen LogP) is 6.87. The zero-order valence-corrected chi connectivity index (χ0v) is 45.6. The maximum Gasteiger partial charge on any atom is 1.00 e. The van der Waals surface area contributed by atoms with E-state index in [1.165, 1.54) is 6.29 Å². The summed E-state index contributed by atoms with van der Waals surface area (Å²) in [5, 5.41) is 15.1. The van der Waals surface area contributed by atoms with E-state index < -0.39 is 11.2 Å². The van der Waals surface area contributed by atoms with Gasteiger partial charge in [-0.15, -0.1) is 20.4 Å². The van der Waals surface area contributed by atoms with Gasteiger partial charge in [0.1, 0.15) is 17.1 Å². The topological polar surface area (TPSA) is 227 Å². The molecule has 6 rings (SSSR count). The van der Waals surface area contributed by atoms with Crippen LogP contribution in [0.5, 0.6) is 0 Å². The molecule has 2 unspecified atom stereocenters. The number of amides is 2. The molecule has 0 saturated heterocycles. The zero-order valence-electron chi connectivity index (χ0n) is 39.3. The van der Waals surface area contributed by atoms with E-state index in [9.17, 15) is 19.2 Å². The largest absolute Gasteiger partial charge is 1.00 e. The smallest absolute Gasteiger partial charge is 0.870 e. The summed E-state index contributed by atoms with van der Waals surface area (Å²) < 4.78 is 23.5. The molecule has 0 radical (unpaired) electrons. The summed E-state index contributed by atoms with van der Waals surface area (Å²) in [6.07, 6.45) is 2.52. The first-order valence-corrected chi connectivity index (χ1v) is 22.1. The van der Waals surface area contributed by atoms with Crippen LogP contribution in [0.3, 0.4) is 0 Å². The van der Waals surface area contributed by atoms with Crippen LogP contribution < -0.4 is 57.1 Å². The number of halogens is 2. The van der Waals surface area contributed by atoms with E-state index in [1.807, 2.05) is 119 Å². The molecule has 4 heterocycles. The molecule has 0 spiro atoms. The first kappa shape index (κ1) is 57.2. The van der Waals surface area contributed by atoms with Gasteiger partial charge in [0.05, 0.1) is 0 Å². The van der Waals surface area contributed by atoms with Crippen molar-refractivity contribution in [3.05, 3.63) is 91.2 Å². The second-order valence-corrected chi connectivity index (χ2v) is 21.3. The van der Waals surface area contributed by atoms with Crippen molar-refractivity contribution in [3.63, 3.8) is 0 Å². The summed E-state index contributed by atoms with van der Waals surface area (Å²) in [7, 11) is 0. The van der Waals surface area contributed by atoms with Gasteiger partial charge in [-0.3, -0.25) is 4.79 Å². The van der Waals surface area contributed by atoms with Gasteiger partial charge in [0.2, 0.25) is 17.6 Å². The second-order valence-electron chi connectivity index (χ2n) is 19.4. The molecule has 64 heavy (non-hydrogen) atoms. The maximum absolute atomic E-state index is 12.9. The number of fused-ring (bicyclic) bond motifs is 2. The minimum atomic E-state index is -0.568. The number of ketones is 1. The summed E-state index contributed by atoms with van der Waals surface area (Å²) in [5.41, 5.74) is 8.86. The van der Waals surface area contributed by atoms with Gasteiger partial charge < -0.3 is 44.1 Å². The number of benzene rings is 2. The van der Waals surface area contributed by atoms with E-state index in [4.69, 9.17) is 24.0 Å². The van der Waals surface area contributed by atoms with Gasteiger partial charge in [-0.25, -0.2) is 9.59 Å². The normalized spacial score (nSPS) is 16.3. The van der Waals surface area contributed by atoms with E-state index in [0.29, 0.717) is 44.4 Å². The predicted molar refractivity (Wildman–Crippen MR) is 242 cm³/mol. The summed E-state index contributed by atoms with van der Waals surface area (Å²) in [6.45, 7) is 24.9. The Labute approximate surface area is 435 Å². The number of hydrogen-bond acceptors (Lipinski definition) is 14. The van der Waals surface area contributed by atoms with Crippen molar-refractivity contribution in [2.75, 3.05) is 13.1 Å². The number of carbonyl (C=O) groups is 3. The molecule has 346 valence electrons. The molecule has 2 aliphatic rings. The van der Waals surface area contributed by atoms with Crippen molar-refractivity contribution in [2.45, 2.75) is 149 Å². The maximum atomic E-state index is 12.9. The number of nitrogens with two attached hydrogens (primary N) is 1. The number of aromatic nitrogens is 4. The molecule has 0 saturated carbocycles. The molecule has 2 aromatic heterocycles. The first-order valence-electron chi connectivity index (χ1n) is 20.5. The molecule has 0 bridgehead atoms. The number of ether oxygens (including phenoxy) is 2. The van der Waals surface area contributed by atoms with Crippen LogP contribution in [-0.2, 0) is 38.2 Å². The molecule has 2 atom stereocenters. The third kappa shape index (κ3) is 17.4. The molecule has 2 aliphatic heterocycles. The van der Waals surface area contributed by atoms with Crippen molar-refractivity contribution < 1.29 is 94.3 Å². The van der Waals surface area contributed by atoms with Crippen molar-refractivity contribution in [3.8, 4) is 0 Å². The number of rotatable bonds is 4. The zero-order chi connectivity index (χ0) is 46.4. The van der Waals surface area contributed by atoms with Gasteiger partial charge in [-0.2, -0.15) is 6.29 Å². The molecule has 16 nitrogen and oxygen atoms in total. The van der Waals surface area contributed by atoms with E-state index in [-0.39, 0.29) is 116 Å². The number of nitrogens with zero attached hydrogens (tertiary/aromatic N) is 6. The SMILES string of the molecule is CC(C)(C)OC(=O)N1CCC(CC(=O)c2nnc(C(C)(C)C)o2)c2ccc(Br)cc2C1.CC(C)(C)OC(=O)N1CCC(N)c2ccc(Br)cc2C1.CC(C)(C)c1nnc([C-]=O)o1.[K+].[OH-]. The average Bonchev–Trinajstić information content (AvgIpc) is 3.79. The number of carbonyl (C=O) groups excluding carboxylic acids is 4. The van der Waals surface area contributed by atoms with E-state index in [1.54, 1.807) is 9.80 Å². The molecule has 2 aromatic carbocycles. The summed E-state index contributed by atoms with van der Waals surface area (Å²) >= 11 is 6.98. The number of Topliss-reactive ketones (excluding diaryl/α,β-unsaturated/α-hetero) is 1. The van der Waals surface area contributed by atoms with Gasteiger partial charge in [-0.05, 0) is 107 Å². The molecular weight excluding hydrogens is 981 g/mol. The van der Waals surface area contributed by atoms with Crippen molar-refractivity contribution >= 4 is 56.1 Å². The Morgan fingerprint density at radius 3 is 1.61 bits per heavy atom. The number of hydrogen-bond donors (Lipinski definition) is 1. The third-order valence-corrected chi connectivity index (χ3v) is 10.4. The van der Waals surface area contributed by atoms with Crippen LogP contribution in [0.25, 0.3) is 0 Å². The monoisotopic (exact) mass is 1040 g/mol. The summed E-state index contributed by atoms with van der Waals surface area (Å²) in [4.78, 5) is 51.3. The fourth-order valence-corrected chi connectivity index (χ4v) is 7.18. The molecule has 0 fully saturated rings. The third-order valence-electron chi connectivity index (χ3n) is 9.42. The Hall–Kier alpha value is -2.88. The quantitative estimate of drug-likeness (QED) is 0.125. The van der Waals surface area contributed by atoms with Crippen molar-refractivity contribution in [1.29, 1.82) is 0 Å². The summed E-state index contributed by atoms with van der Waals surface area (Å²) in [6, 6.07) is 12.0. The van der Waals surface area contributed by atoms with E-state index in [0.717, 1.165) is 37.6 Å². The molecule has 4 aromatic rings. The molecule has 2 amide bonds. The van der Waals surface area contributed by atoms with Gasteiger partial charge in [0, 0.05) is 58.4 Å². The molecule has 19 heteroatoms. The van der Waals surface area contributed by atoms with Crippen LogP contribution in [0.4, 0.5) is 9.59 Å². The first-order chi connectivity index (χ1) is 28.6. The van der Waals surface area contributed by atoms with Gasteiger partial charge in [0.15, 0.2) is 0 Å². The minimum Gasteiger partial charge on any atom is -0.870 e. The van der Waals surface area contributed by atoms with E-state index >= 15 is 0 Å². The van der Waals surface area contributed by atoms with Crippen molar-refractivity contribution in [1.82, 2.24) is 30.2 Å². The minimum absolute atomic E-state index is 0. The molecule has 3 N–H and O–H groups in total. The van der Waals surface area contributed by atoms with Crippen LogP contribution in [0, 0.1) is 0 Å². The van der Waals surface area contributed by atoms with Crippen molar-refractivity contribution in [2.24, 2.45) is 5.73 Å². The Morgan fingerprint density at radius 2 is 1.17 bits per heavy atom. The molecule has 0 aliphatic carbocycles.